The molecule has 0 saturated heterocycles. The first-order valence-electron chi connectivity index (χ1n) is 8.20. The highest BCUT2D eigenvalue weighted by atomic mass is 19.4. The van der Waals surface area contributed by atoms with Gasteiger partial charge in [-0.25, -0.2) is 0 Å². The summed E-state index contributed by atoms with van der Waals surface area (Å²) in [6, 6.07) is 3.95. The van der Waals surface area contributed by atoms with Crippen molar-refractivity contribution in [3.63, 3.8) is 0 Å². The van der Waals surface area contributed by atoms with Crippen molar-refractivity contribution in [2.24, 2.45) is 5.92 Å². The van der Waals surface area contributed by atoms with Crippen molar-refractivity contribution in [3.8, 4) is 11.5 Å². The number of rotatable bonds is 4. The van der Waals surface area contributed by atoms with Crippen LogP contribution in [-0.2, 0) is 6.54 Å². The van der Waals surface area contributed by atoms with Crippen LogP contribution in [0, 0.1) is 12.8 Å². The minimum absolute atomic E-state index is 0.171. The molecule has 0 amide bonds. The molecule has 7 heteroatoms. The predicted octanol–water partition coefficient (Wildman–Crippen LogP) is 4.53. The summed E-state index contributed by atoms with van der Waals surface area (Å²) < 4.78 is 44.0. The molecule has 3 rings (SSSR count). The molecular formula is C17H22F3N3O. The molecule has 0 radical (unpaired) electrons. The van der Waals surface area contributed by atoms with Crippen molar-refractivity contribution < 1.29 is 17.6 Å². The van der Waals surface area contributed by atoms with Crippen molar-refractivity contribution >= 4 is 0 Å². The van der Waals surface area contributed by atoms with E-state index in [1.807, 2.05) is 26.1 Å². The molecule has 24 heavy (non-hydrogen) atoms. The number of hydrogen-bond acceptors (Lipinski definition) is 3. The first-order valence-corrected chi connectivity index (χ1v) is 8.20. The van der Waals surface area contributed by atoms with Crippen LogP contribution in [0.15, 0.2) is 22.7 Å². The van der Waals surface area contributed by atoms with Crippen molar-refractivity contribution in [1.29, 1.82) is 0 Å². The standard InChI is InChI=1S/C17H22F3N3O/c1-11-3-8-15(24-11)16-12(9-21-22-16)10-23(2)14-6-4-13(5-7-14)17(18,19)20/h3,8-9,13-14H,4-7,10H2,1-2H3,(H,21,22). The van der Waals surface area contributed by atoms with Crippen LogP contribution in [-0.4, -0.2) is 34.4 Å². The fourth-order valence-corrected chi connectivity index (χ4v) is 3.45. The second kappa shape index (κ2) is 6.63. The van der Waals surface area contributed by atoms with Gasteiger partial charge in [0, 0.05) is 18.2 Å². The molecule has 0 bridgehead atoms. The van der Waals surface area contributed by atoms with Gasteiger partial charge < -0.3 is 4.42 Å². The topological polar surface area (TPSA) is 45.1 Å². The normalized spacial score (nSPS) is 22.2. The van der Waals surface area contributed by atoms with E-state index in [2.05, 4.69) is 15.1 Å². The first kappa shape index (κ1) is 17.1. The Morgan fingerprint density at radius 3 is 2.54 bits per heavy atom. The maximum absolute atomic E-state index is 12.8. The monoisotopic (exact) mass is 341 g/mol. The predicted molar refractivity (Wildman–Crippen MR) is 84.3 cm³/mol. The van der Waals surface area contributed by atoms with Gasteiger partial charge in [0.25, 0.3) is 0 Å². The van der Waals surface area contributed by atoms with Gasteiger partial charge in [0.2, 0.25) is 0 Å². The number of nitrogens with one attached hydrogen (secondary N) is 1. The molecule has 0 atom stereocenters. The van der Waals surface area contributed by atoms with E-state index < -0.39 is 12.1 Å². The third kappa shape index (κ3) is 3.66. The molecule has 2 heterocycles. The van der Waals surface area contributed by atoms with Gasteiger partial charge in [-0.2, -0.15) is 18.3 Å². The zero-order valence-corrected chi connectivity index (χ0v) is 13.9. The molecule has 132 valence electrons. The van der Waals surface area contributed by atoms with Crippen LogP contribution in [0.4, 0.5) is 13.2 Å². The fraction of sp³-hybridized carbons (Fsp3) is 0.588. The summed E-state index contributed by atoms with van der Waals surface area (Å²) in [5.74, 6) is 0.413. The first-order chi connectivity index (χ1) is 11.3. The molecule has 0 spiro atoms. The summed E-state index contributed by atoms with van der Waals surface area (Å²) in [6.45, 7) is 2.51. The number of aromatic nitrogens is 2. The molecule has 1 saturated carbocycles. The van der Waals surface area contributed by atoms with Crippen molar-refractivity contribution in [3.05, 3.63) is 29.7 Å². The van der Waals surface area contributed by atoms with Gasteiger partial charge in [0.15, 0.2) is 5.76 Å². The molecular weight excluding hydrogens is 319 g/mol. The van der Waals surface area contributed by atoms with Crippen LogP contribution in [0.2, 0.25) is 0 Å². The molecule has 1 aliphatic rings. The summed E-state index contributed by atoms with van der Waals surface area (Å²) >= 11 is 0. The third-order valence-electron chi connectivity index (χ3n) is 4.91. The number of nitrogens with zero attached hydrogens (tertiary/aromatic N) is 2. The number of furan rings is 1. The van der Waals surface area contributed by atoms with E-state index in [1.165, 1.54) is 0 Å². The minimum Gasteiger partial charge on any atom is -0.460 e. The average Bonchev–Trinajstić information content (AvgIpc) is 3.15. The van der Waals surface area contributed by atoms with Crippen LogP contribution >= 0.6 is 0 Å². The summed E-state index contributed by atoms with van der Waals surface area (Å²) in [5, 5.41) is 7.04. The molecule has 1 aliphatic carbocycles. The van der Waals surface area contributed by atoms with Crippen LogP contribution in [0.5, 0.6) is 0 Å². The van der Waals surface area contributed by atoms with Gasteiger partial charge in [0.1, 0.15) is 11.5 Å². The summed E-state index contributed by atoms with van der Waals surface area (Å²) in [5.41, 5.74) is 1.82. The van der Waals surface area contributed by atoms with Gasteiger partial charge in [-0.15, -0.1) is 0 Å². The lowest BCUT2D eigenvalue weighted by Crippen LogP contribution is -2.37. The number of H-pyrrole nitrogens is 1. The number of alkyl halides is 3. The largest absolute Gasteiger partial charge is 0.460 e. The van der Waals surface area contributed by atoms with Gasteiger partial charge in [-0.1, -0.05) is 0 Å². The SMILES string of the molecule is Cc1ccc(-c2[nH]ncc2CN(C)C2CCC(C(F)(F)F)CC2)o1. The number of aryl methyl sites for hydroxylation is 1. The number of aromatic amines is 1. The highest BCUT2D eigenvalue weighted by molar-refractivity contribution is 5.56. The zero-order chi connectivity index (χ0) is 17.3. The Morgan fingerprint density at radius 2 is 1.96 bits per heavy atom. The quantitative estimate of drug-likeness (QED) is 0.888. The molecule has 0 aromatic carbocycles. The smallest absolute Gasteiger partial charge is 0.391 e. The second-order valence-electron chi connectivity index (χ2n) is 6.64. The summed E-state index contributed by atoms with van der Waals surface area (Å²) in [6.07, 6.45) is -0.715. The molecule has 4 nitrogen and oxygen atoms in total. The second-order valence-corrected chi connectivity index (χ2v) is 6.64. The Labute approximate surface area is 139 Å². The van der Waals surface area contributed by atoms with E-state index in [0.29, 0.717) is 19.4 Å². The van der Waals surface area contributed by atoms with E-state index in [1.54, 1.807) is 6.20 Å². The van der Waals surface area contributed by atoms with Gasteiger partial charge in [-0.3, -0.25) is 10.00 Å². The van der Waals surface area contributed by atoms with Crippen LogP contribution < -0.4 is 0 Å². The Balaban J connectivity index is 1.62. The van der Waals surface area contributed by atoms with E-state index in [9.17, 15) is 13.2 Å². The Bertz CT molecular complexity index is 669. The maximum Gasteiger partial charge on any atom is 0.391 e. The highest BCUT2D eigenvalue weighted by Gasteiger charge is 2.41. The average molecular weight is 341 g/mol. The van der Waals surface area contributed by atoms with Gasteiger partial charge in [-0.05, 0) is 51.8 Å². The molecule has 2 aromatic heterocycles. The number of halogens is 3. The van der Waals surface area contributed by atoms with E-state index in [4.69, 9.17) is 4.42 Å². The summed E-state index contributed by atoms with van der Waals surface area (Å²) in [7, 11) is 1.96. The fourth-order valence-electron chi connectivity index (χ4n) is 3.45. The Kier molecular flexibility index (Phi) is 4.71. The molecule has 1 fully saturated rings. The van der Waals surface area contributed by atoms with E-state index >= 15 is 0 Å². The lowest BCUT2D eigenvalue weighted by molar-refractivity contribution is -0.184. The van der Waals surface area contributed by atoms with Gasteiger partial charge in [0.05, 0.1) is 12.1 Å². The van der Waals surface area contributed by atoms with Gasteiger partial charge >= 0.3 is 6.18 Å². The van der Waals surface area contributed by atoms with E-state index in [0.717, 1.165) is 22.8 Å². The molecule has 0 unspecified atom stereocenters. The van der Waals surface area contributed by atoms with Crippen LogP contribution in [0.3, 0.4) is 0 Å². The molecule has 1 N–H and O–H groups in total. The van der Waals surface area contributed by atoms with Crippen LogP contribution in [0.25, 0.3) is 11.5 Å². The zero-order valence-electron chi connectivity index (χ0n) is 13.9. The van der Waals surface area contributed by atoms with Crippen molar-refractivity contribution in [1.82, 2.24) is 15.1 Å². The van der Waals surface area contributed by atoms with Crippen LogP contribution in [0.1, 0.15) is 37.0 Å². The highest BCUT2D eigenvalue weighted by Crippen LogP contribution is 2.38. The summed E-state index contributed by atoms with van der Waals surface area (Å²) in [4.78, 5) is 2.12. The van der Waals surface area contributed by atoms with E-state index in [-0.39, 0.29) is 18.9 Å². The Hall–Kier alpha value is -1.76. The third-order valence-corrected chi connectivity index (χ3v) is 4.91. The maximum atomic E-state index is 12.8. The minimum atomic E-state index is -4.06. The van der Waals surface area contributed by atoms with Crippen molar-refractivity contribution in [2.45, 2.75) is 51.4 Å². The molecule has 0 aliphatic heterocycles. The lowest BCUT2D eigenvalue weighted by Gasteiger charge is -2.35. The molecule has 2 aromatic rings. The number of hydrogen-bond donors (Lipinski definition) is 1. The Morgan fingerprint density at radius 1 is 1.25 bits per heavy atom. The van der Waals surface area contributed by atoms with Crippen molar-refractivity contribution in [2.75, 3.05) is 7.05 Å². The lowest BCUT2D eigenvalue weighted by atomic mass is 9.85.